The van der Waals surface area contributed by atoms with Crippen LogP contribution in [0.15, 0.2) is 4.52 Å². The normalized spacial score (nSPS) is 28.4. The second-order valence-corrected chi connectivity index (χ2v) is 7.36. The first-order chi connectivity index (χ1) is 10.0. The Morgan fingerprint density at radius 2 is 2.00 bits per heavy atom. The summed E-state index contributed by atoms with van der Waals surface area (Å²) in [5.41, 5.74) is 0.0429. The van der Waals surface area contributed by atoms with Crippen molar-refractivity contribution in [2.75, 3.05) is 20.2 Å². The van der Waals surface area contributed by atoms with Crippen molar-refractivity contribution in [1.82, 2.24) is 15.5 Å². The van der Waals surface area contributed by atoms with Crippen molar-refractivity contribution in [1.29, 1.82) is 0 Å². The minimum absolute atomic E-state index is 0.348. The van der Waals surface area contributed by atoms with E-state index in [1.165, 1.54) is 6.42 Å². The Morgan fingerprint density at radius 1 is 1.24 bits per heavy atom. The molecule has 5 nitrogen and oxygen atoms in total. The summed E-state index contributed by atoms with van der Waals surface area (Å²) in [5, 5.41) is 7.66. The molecule has 2 aliphatic rings. The first kappa shape index (κ1) is 15.0. The van der Waals surface area contributed by atoms with Crippen LogP contribution in [0.1, 0.15) is 70.0 Å². The van der Waals surface area contributed by atoms with Gasteiger partial charge in [0, 0.05) is 13.7 Å². The van der Waals surface area contributed by atoms with Crippen LogP contribution >= 0.6 is 0 Å². The van der Waals surface area contributed by atoms with E-state index in [1.807, 2.05) is 0 Å². The average molecular weight is 293 g/mol. The summed E-state index contributed by atoms with van der Waals surface area (Å²) in [6.07, 6.45) is 6.51. The van der Waals surface area contributed by atoms with Gasteiger partial charge < -0.3 is 14.6 Å². The average Bonchev–Trinajstić information content (AvgIpc) is 2.99. The van der Waals surface area contributed by atoms with E-state index in [0.29, 0.717) is 11.3 Å². The maximum Gasteiger partial charge on any atom is 0.231 e. The largest absolute Gasteiger partial charge is 0.370 e. The highest BCUT2D eigenvalue weighted by molar-refractivity contribution is 5.07. The molecule has 0 bridgehead atoms. The summed E-state index contributed by atoms with van der Waals surface area (Å²) >= 11 is 0. The van der Waals surface area contributed by atoms with Gasteiger partial charge in [-0.2, -0.15) is 4.98 Å². The van der Waals surface area contributed by atoms with Crippen molar-refractivity contribution in [3.8, 4) is 0 Å². The molecular weight excluding hydrogens is 266 g/mol. The first-order valence-corrected chi connectivity index (χ1v) is 8.15. The van der Waals surface area contributed by atoms with E-state index in [1.54, 1.807) is 7.11 Å². The van der Waals surface area contributed by atoms with Gasteiger partial charge in [0.15, 0.2) is 0 Å². The van der Waals surface area contributed by atoms with Gasteiger partial charge >= 0.3 is 0 Å². The molecule has 1 unspecified atom stereocenters. The number of hydrogen-bond donors (Lipinski definition) is 1. The van der Waals surface area contributed by atoms with Crippen LogP contribution < -0.4 is 5.32 Å². The van der Waals surface area contributed by atoms with E-state index < -0.39 is 0 Å². The van der Waals surface area contributed by atoms with Gasteiger partial charge in [-0.25, -0.2) is 0 Å². The lowest BCUT2D eigenvalue weighted by molar-refractivity contribution is -0.0740. The van der Waals surface area contributed by atoms with Crippen molar-refractivity contribution in [2.45, 2.75) is 63.9 Å². The van der Waals surface area contributed by atoms with E-state index in [-0.39, 0.29) is 5.60 Å². The summed E-state index contributed by atoms with van der Waals surface area (Å²) in [6.45, 7) is 6.67. The molecule has 2 fully saturated rings. The summed E-state index contributed by atoms with van der Waals surface area (Å²) in [4.78, 5) is 4.71. The van der Waals surface area contributed by atoms with Crippen LogP contribution in [0.4, 0.5) is 0 Å². The van der Waals surface area contributed by atoms with Gasteiger partial charge in [-0.15, -0.1) is 0 Å². The van der Waals surface area contributed by atoms with Gasteiger partial charge in [-0.1, -0.05) is 19.0 Å². The maximum atomic E-state index is 5.86. The fourth-order valence-corrected chi connectivity index (χ4v) is 3.50. The lowest BCUT2D eigenvalue weighted by atomic mass is 9.70. The molecule has 0 aromatic carbocycles. The molecule has 3 rings (SSSR count). The summed E-state index contributed by atoms with van der Waals surface area (Å²) in [6, 6.07) is 0. The number of piperidine rings is 1. The highest BCUT2D eigenvalue weighted by Crippen LogP contribution is 2.46. The first-order valence-electron chi connectivity index (χ1n) is 8.15. The molecule has 1 aromatic heterocycles. The van der Waals surface area contributed by atoms with E-state index in [4.69, 9.17) is 14.2 Å². The highest BCUT2D eigenvalue weighted by atomic mass is 16.5. The van der Waals surface area contributed by atoms with Crippen LogP contribution in [0.3, 0.4) is 0 Å². The van der Waals surface area contributed by atoms with Crippen LogP contribution in [0.2, 0.25) is 0 Å². The fourth-order valence-electron chi connectivity index (χ4n) is 3.50. The summed E-state index contributed by atoms with van der Waals surface area (Å²) in [5.74, 6) is 1.88. The molecule has 0 spiro atoms. The van der Waals surface area contributed by atoms with Crippen molar-refractivity contribution >= 4 is 0 Å². The third kappa shape index (κ3) is 2.99. The number of ether oxygens (including phenoxy) is 1. The van der Waals surface area contributed by atoms with Crippen LogP contribution in [0.25, 0.3) is 0 Å². The summed E-state index contributed by atoms with van der Waals surface area (Å²) in [7, 11) is 1.77. The number of nitrogens with zero attached hydrogens (tertiary/aromatic N) is 2. The Morgan fingerprint density at radius 3 is 2.62 bits per heavy atom. The molecule has 5 heteroatoms. The van der Waals surface area contributed by atoms with Crippen LogP contribution in [-0.4, -0.2) is 30.3 Å². The molecule has 1 saturated carbocycles. The zero-order valence-electron chi connectivity index (χ0n) is 13.4. The van der Waals surface area contributed by atoms with Gasteiger partial charge in [0.1, 0.15) is 5.60 Å². The Hall–Kier alpha value is -0.940. The molecule has 1 saturated heterocycles. The van der Waals surface area contributed by atoms with Crippen LogP contribution in [0, 0.1) is 5.41 Å². The van der Waals surface area contributed by atoms with Gasteiger partial charge in [0.05, 0.1) is 5.92 Å². The molecule has 0 amide bonds. The van der Waals surface area contributed by atoms with Crippen molar-refractivity contribution in [2.24, 2.45) is 5.41 Å². The molecule has 1 aliphatic heterocycles. The molecule has 1 atom stereocenters. The minimum Gasteiger partial charge on any atom is -0.370 e. The topological polar surface area (TPSA) is 60.2 Å². The van der Waals surface area contributed by atoms with Crippen LogP contribution in [-0.2, 0) is 10.3 Å². The monoisotopic (exact) mass is 293 g/mol. The summed E-state index contributed by atoms with van der Waals surface area (Å²) < 4.78 is 11.4. The third-order valence-electron chi connectivity index (χ3n) is 5.30. The fraction of sp³-hybridized carbons (Fsp3) is 0.875. The van der Waals surface area contributed by atoms with Gasteiger partial charge in [0.25, 0.3) is 0 Å². The Labute approximate surface area is 126 Å². The molecule has 118 valence electrons. The molecule has 1 aromatic rings. The smallest absolute Gasteiger partial charge is 0.231 e. The van der Waals surface area contributed by atoms with Gasteiger partial charge in [0.2, 0.25) is 11.7 Å². The second kappa shape index (κ2) is 5.69. The molecule has 2 heterocycles. The van der Waals surface area contributed by atoms with Gasteiger partial charge in [-0.05, 0) is 50.5 Å². The van der Waals surface area contributed by atoms with Crippen LogP contribution in [0.5, 0.6) is 0 Å². The zero-order valence-corrected chi connectivity index (χ0v) is 13.4. The molecule has 0 radical (unpaired) electrons. The third-order valence-corrected chi connectivity index (χ3v) is 5.30. The standard InChI is InChI=1S/C16H27N3O2/c1-15(2)6-8-16(20-3,9-7-15)14-18-13(21-19-14)12-5-4-10-17-11-12/h12,17H,4-11H2,1-3H3. The van der Waals surface area contributed by atoms with E-state index >= 15 is 0 Å². The maximum absolute atomic E-state index is 5.86. The van der Waals surface area contributed by atoms with Crippen molar-refractivity contribution in [3.05, 3.63) is 11.7 Å². The van der Waals surface area contributed by atoms with E-state index in [0.717, 1.165) is 56.9 Å². The number of methoxy groups -OCH3 is 1. The van der Waals surface area contributed by atoms with Gasteiger partial charge in [-0.3, -0.25) is 0 Å². The zero-order chi connectivity index (χ0) is 14.9. The number of aromatic nitrogens is 2. The molecule has 1 N–H and O–H groups in total. The highest BCUT2D eigenvalue weighted by Gasteiger charge is 2.43. The van der Waals surface area contributed by atoms with E-state index in [9.17, 15) is 0 Å². The van der Waals surface area contributed by atoms with Crippen molar-refractivity contribution < 1.29 is 9.26 Å². The molecule has 1 aliphatic carbocycles. The number of rotatable bonds is 3. The Balaban J connectivity index is 1.77. The minimum atomic E-state index is -0.348. The SMILES string of the molecule is COC1(c2noc(C3CCCNC3)n2)CCC(C)(C)CC1. The lowest BCUT2D eigenvalue weighted by Crippen LogP contribution is -2.37. The molecule has 21 heavy (non-hydrogen) atoms. The number of nitrogens with one attached hydrogen (secondary N) is 1. The predicted molar refractivity (Wildman–Crippen MR) is 80.1 cm³/mol. The number of hydrogen-bond acceptors (Lipinski definition) is 5. The Kier molecular flexibility index (Phi) is 4.06. The van der Waals surface area contributed by atoms with E-state index in [2.05, 4.69) is 24.3 Å². The quantitative estimate of drug-likeness (QED) is 0.928. The second-order valence-electron chi connectivity index (χ2n) is 7.36. The Bertz CT molecular complexity index is 468. The lowest BCUT2D eigenvalue weighted by Gasteiger charge is -2.40. The predicted octanol–water partition coefficient (Wildman–Crippen LogP) is 2.98. The van der Waals surface area contributed by atoms with Crippen molar-refractivity contribution in [3.63, 3.8) is 0 Å². The molecular formula is C16H27N3O2.